The van der Waals surface area contributed by atoms with Crippen molar-refractivity contribution < 1.29 is 139 Å². The lowest BCUT2D eigenvalue weighted by atomic mass is 10.0. The molecule has 0 spiro atoms. The molecule has 3 aliphatic rings. The molecule has 0 bridgehead atoms. The Morgan fingerprint density at radius 3 is 0.929 bits per heavy atom. The average molecular weight is 1670 g/mol. The maximum Gasteiger partial charge on any atom is 0.311 e. The molecular formula is C73H120F5N7O24S3. The highest BCUT2D eigenvalue weighted by atomic mass is 32.2. The van der Waals surface area contributed by atoms with Crippen LogP contribution in [0, 0.1) is 29.1 Å². The van der Waals surface area contributed by atoms with Crippen molar-refractivity contribution in [3.63, 3.8) is 0 Å². The molecule has 112 heavy (non-hydrogen) atoms. The van der Waals surface area contributed by atoms with Crippen molar-refractivity contribution in [1.82, 2.24) is 37.2 Å². The van der Waals surface area contributed by atoms with Crippen molar-refractivity contribution in [2.24, 2.45) is 0 Å². The molecule has 31 nitrogen and oxygen atoms in total. The maximum absolute atomic E-state index is 14.0. The lowest BCUT2D eigenvalue weighted by Gasteiger charge is -2.36. The van der Waals surface area contributed by atoms with E-state index < -0.39 is 143 Å². The third kappa shape index (κ3) is 40.8. The number of nitrogens with one attached hydrogen (secondary N) is 7. The lowest BCUT2D eigenvalue weighted by Crippen LogP contribution is -2.58. The summed E-state index contributed by atoms with van der Waals surface area (Å²) in [5.41, 5.74) is -2.85. The van der Waals surface area contributed by atoms with Gasteiger partial charge in [0.25, 0.3) is 0 Å². The minimum absolute atomic E-state index is 0.0525. The summed E-state index contributed by atoms with van der Waals surface area (Å²) >= 11 is 3.93. The molecule has 39 heteroatoms. The topological polar surface area (TPSA) is 467 Å². The summed E-state index contributed by atoms with van der Waals surface area (Å²) in [6.07, 6.45) is 1.58. The monoisotopic (exact) mass is 1670 g/mol. The van der Waals surface area contributed by atoms with E-state index in [0.29, 0.717) is 153 Å². The summed E-state index contributed by atoms with van der Waals surface area (Å²) in [4.78, 5) is 103. The van der Waals surface area contributed by atoms with E-state index in [2.05, 4.69) is 42.0 Å². The molecule has 1 aromatic carbocycles. The summed E-state index contributed by atoms with van der Waals surface area (Å²) in [5.74, 6) is -14.9. The molecule has 3 fully saturated rings. The fraction of sp³-hybridized carbons (Fsp3) is 0.808. The molecule has 0 aromatic heterocycles. The highest BCUT2D eigenvalue weighted by Gasteiger charge is 2.40. The molecule has 0 unspecified atom stereocenters. The molecule has 3 aliphatic heterocycles. The van der Waals surface area contributed by atoms with E-state index >= 15 is 0 Å². The predicted molar refractivity (Wildman–Crippen MR) is 403 cm³/mol. The normalized spacial score (nSPS) is 21.9. The molecular weight excluding hydrogens is 1550 g/mol. The van der Waals surface area contributed by atoms with Gasteiger partial charge in [-0.3, -0.25) is 38.4 Å². The first kappa shape index (κ1) is 99.4. The number of carbonyl (C=O) groups excluding carboxylic acids is 8. The van der Waals surface area contributed by atoms with E-state index in [4.69, 9.17) is 28.4 Å². The maximum atomic E-state index is 14.0. The number of rotatable bonds is 61. The zero-order chi connectivity index (χ0) is 82.1. The molecule has 4 rings (SSSR count). The molecule has 12 atom stereocenters. The predicted octanol–water partition coefficient (Wildman–Crippen LogP) is 2.33. The summed E-state index contributed by atoms with van der Waals surface area (Å²) in [7, 11) is 0. The molecule has 0 saturated carbocycles. The second-order valence-electron chi connectivity index (χ2n) is 27.8. The SMILES string of the molecule is O=C(CCOCC(COCCC(=O)NCCCCCNC(=O)CCS[C@H]1C[C@@H](O)[C@@H](O)[C@@H](CO)O1)(COCCC(=O)NCCCCCNC(=O)CCS[C@H]1C[C@@H](O)[C@@H](O)[C@@H](CO)O1)NC(=O)CCCCCCCCCCC(=O)Oc1c(F)c(F)c(F)c(F)c1F)NCCCCCNC(=O)CCS[C@H]1C[C@@H](O)[C@@H](O)[C@@H](CO)O1. The Kier molecular flexibility index (Phi) is 51.5. The molecule has 16 N–H and O–H groups in total. The first-order valence-corrected chi connectivity index (χ1v) is 42.0. The van der Waals surface area contributed by atoms with Gasteiger partial charge in [-0.05, 0) is 70.6 Å². The fourth-order valence-corrected chi connectivity index (χ4v) is 15.3. The standard InChI is InChI=1S/C73H120F5N7O24S3/c74-64-65(75)67(77)72(68(78)66(64)76)109-60(99)19-11-6-4-2-1-3-5-10-18-59(98)85-73(44-103-32-20-53(92)79-26-12-7-15-29-82-56(95)23-35-110-61-38-47(89)69(100)50(41-86)106-61,45-104-33-21-54(93)80-27-13-8-16-30-83-57(96)24-36-111-62-39-48(90)70(101)51(42-87)107-62)46-105-34-22-55(94)81-28-14-9-17-31-84-58(97)25-37-112-63-40-49(91)71(102)52(43-88)108-63/h47-52,61-63,69-71,86-91,100-102H,1-46H2,(H,79,92)(H,80,93)(H,81,94)(H,82,95)(H,83,96)(H,84,97)(H,85,98)/t47-,48-,49-,50-,51-,52-,61+,62+,63+,69-,70-,71-/m1/s1. The van der Waals surface area contributed by atoms with Crippen LogP contribution in [0.2, 0.25) is 0 Å². The van der Waals surface area contributed by atoms with Gasteiger partial charge in [-0.2, -0.15) is 8.78 Å². The van der Waals surface area contributed by atoms with Crippen LogP contribution in [0.4, 0.5) is 22.0 Å². The number of esters is 1. The van der Waals surface area contributed by atoms with Gasteiger partial charge in [-0.15, -0.1) is 35.3 Å². The highest BCUT2D eigenvalue weighted by Crippen LogP contribution is 2.33. The molecule has 0 radical (unpaired) electrons. The van der Waals surface area contributed by atoms with Crippen molar-refractivity contribution in [1.29, 1.82) is 0 Å². The molecule has 1 aromatic rings. The van der Waals surface area contributed by atoms with Gasteiger partial charge in [0.2, 0.25) is 76.2 Å². The van der Waals surface area contributed by atoms with Crippen LogP contribution in [0.3, 0.4) is 0 Å². The second kappa shape index (κ2) is 58.0. The Balaban J connectivity index is 1.26. The number of aliphatic hydroxyl groups excluding tert-OH is 9. The number of thioether (sulfide) groups is 3. The van der Waals surface area contributed by atoms with E-state index in [-0.39, 0.29) is 152 Å². The van der Waals surface area contributed by atoms with Crippen LogP contribution >= 0.6 is 35.3 Å². The Morgan fingerprint density at radius 2 is 0.625 bits per heavy atom. The largest absolute Gasteiger partial charge is 0.420 e. The number of ether oxygens (including phenoxy) is 7. The number of unbranched alkanes of at least 4 members (excludes halogenated alkanes) is 13. The average Bonchev–Trinajstić information content (AvgIpc) is 0.811. The van der Waals surface area contributed by atoms with Crippen molar-refractivity contribution in [3.8, 4) is 5.75 Å². The van der Waals surface area contributed by atoms with Gasteiger partial charge in [0.1, 0.15) is 58.5 Å². The van der Waals surface area contributed by atoms with Crippen LogP contribution < -0.4 is 42.0 Å². The summed E-state index contributed by atoms with van der Waals surface area (Å²) in [5, 5.41) is 109. The number of halogens is 5. The second-order valence-corrected chi connectivity index (χ2v) is 31.6. The van der Waals surface area contributed by atoms with Crippen LogP contribution in [0.15, 0.2) is 0 Å². The minimum Gasteiger partial charge on any atom is -0.420 e. The number of hydrogen-bond acceptors (Lipinski definition) is 27. The van der Waals surface area contributed by atoms with Gasteiger partial charge in [0, 0.05) is 127 Å². The fourth-order valence-electron chi connectivity index (χ4n) is 11.9. The van der Waals surface area contributed by atoms with E-state index in [1.165, 1.54) is 35.3 Å². The molecule has 3 saturated heterocycles. The van der Waals surface area contributed by atoms with Gasteiger partial charge in [-0.25, -0.2) is 13.2 Å². The third-order valence-electron chi connectivity index (χ3n) is 18.4. The van der Waals surface area contributed by atoms with E-state index in [9.17, 15) is 106 Å². The van der Waals surface area contributed by atoms with Gasteiger partial charge >= 0.3 is 5.97 Å². The van der Waals surface area contributed by atoms with Crippen molar-refractivity contribution in [3.05, 3.63) is 29.1 Å². The summed E-state index contributed by atoms with van der Waals surface area (Å²) in [6.45, 7) is -0.0717. The number of hydrogen-bond donors (Lipinski definition) is 16. The van der Waals surface area contributed by atoms with Crippen LogP contribution in [0.1, 0.15) is 180 Å². The van der Waals surface area contributed by atoms with E-state index in [1.54, 1.807) is 0 Å². The number of aliphatic hydroxyl groups is 9. The molecule has 3 heterocycles. The third-order valence-corrected chi connectivity index (χ3v) is 21.8. The zero-order valence-electron chi connectivity index (χ0n) is 63.7. The minimum atomic E-state index is -2.38. The first-order valence-electron chi connectivity index (χ1n) is 38.9. The quantitative estimate of drug-likeness (QED) is 0.0111. The summed E-state index contributed by atoms with van der Waals surface area (Å²) < 4.78 is 108. The van der Waals surface area contributed by atoms with Crippen LogP contribution in [0.25, 0.3) is 0 Å². The highest BCUT2D eigenvalue weighted by molar-refractivity contribution is 8.00. The van der Waals surface area contributed by atoms with E-state index in [1.807, 2.05) is 0 Å². The van der Waals surface area contributed by atoms with Crippen LogP contribution in [-0.4, -0.2) is 286 Å². The van der Waals surface area contributed by atoms with Crippen LogP contribution in [-0.2, 0) is 66.8 Å². The van der Waals surface area contributed by atoms with E-state index in [0.717, 1.165) is 6.42 Å². The van der Waals surface area contributed by atoms with Crippen molar-refractivity contribution in [2.45, 2.75) is 257 Å². The van der Waals surface area contributed by atoms with Crippen LogP contribution in [0.5, 0.6) is 5.75 Å². The van der Waals surface area contributed by atoms with Crippen molar-refractivity contribution >= 4 is 82.6 Å². The van der Waals surface area contributed by atoms with Gasteiger partial charge in [0.15, 0.2) is 0 Å². The Hall–Kier alpha value is -4.92. The molecule has 644 valence electrons. The zero-order valence-corrected chi connectivity index (χ0v) is 66.2. The molecule has 7 amide bonds. The van der Waals surface area contributed by atoms with Gasteiger partial charge < -0.3 is 116 Å². The Labute approximate surface area is 663 Å². The smallest absolute Gasteiger partial charge is 0.311 e. The van der Waals surface area contributed by atoms with Gasteiger partial charge in [-0.1, -0.05) is 38.5 Å². The van der Waals surface area contributed by atoms with Crippen molar-refractivity contribution in [2.75, 3.05) is 116 Å². The summed E-state index contributed by atoms with van der Waals surface area (Å²) in [6, 6.07) is 0. The Bertz CT molecular complexity index is 2690. The number of benzene rings is 1. The number of amides is 7. The van der Waals surface area contributed by atoms with Gasteiger partial charge in [0.05, 0.1) is 77.8 Å². The Morgan fingerprint density at radius 1 is 0.357 bits per heavy atom. The lowest BCUT2D eigenvalue weighted by molar-refractivity contribution is -0.157. The number of carbonyl (C=O) groups is 8. The first-order chi connectivity index (χ1) is 53.8. The molecule has 0 aliphatic carbocycles.